The monoisotopic (exact) mass is 292 g/mol. The lowest BCUT2D eigenvalue weighted by Gasteiger charge is -2.16. The van der Waals surface area contributed by atoms with Gasteiger partial charge in [0.2, 0.25) is 5.78 Å². The van der Waals surface area contributed by atoms with Gasteiger partial charge < -0.3 is 4.40 Å². The number of ketones is 1. The molecule has 2 aromatic rings. The molecular weight excluding hydrogens is 276 g/mol. The van der Waals surface area contributed by atoms with Gasteiger partial charge in [0.15, 0.2) is 5.54 Å². The van der Waals surface area contributed by atoms with E-state index in [2.05, 4.69) is 16.3 Å². The zero-order valence-corrected chi connectivity index (χ0v) is 13.0. The highest BCUT2D eigenvalue weighted by molar-refractivity contribution is 6.05. The molecule has 0 spiro atoms. The van der Waals surface area contributed by atoms with Crippen LogP contribution in [-0.4, -0.2) is 15.7 Å². The van der Waals surface area contributed by atoms with Gasteiger partial charge in [0, 0.05) is 5.69 Å². The summed E-state index contributed by atoms with van der Waals surface area (Å²) in [6.07, 6.45) is 1.75. The van der Waals surface area contributed by atoms with Crippen LogP contribution >= 0.6 is 0 Å². The first-order valence-electron chi connectivity index (χ1n) is 7.06. The maximum Gasteiger partial charge on any atom is 0.212 e. The fourth-order valence-corrected chi connectivity index (χ4v) is 2.97. The number of azo groups is 1. The van der Waals surface area contributed by atoms with E-state index in [-0.39, 0.29) is 5.78 Å². The van der Waals surface area contributed by atoms with Crippen LogP contribution in [0.25, 0.3) is 5.52 Å². The summed E-state index contributed by atoms with van der Waals surface area (Å²) in [4.78, 5) is 13.0. The number of Topliss-reactive ketones (excluding diaryl/α,β-unsaturated/α-hetero) is 1. The Bertz CT molecular complexity index is 911. The number of hydrogen-bond acceptors (Lipinski definition) is 4. The van der Waals surface area contributed by atoms with E-state index in [0.29, 0.717) is 11.3 Å². The van der Waals surface area contributed by atoms with E-state index < -0.39 is 5.54 Å². The van der Waals surface area contributed by atoms with Crippen LogP contribution in [0.3, 0.4) is 0 Å². The van der Waals surface area contributed by atoms with Crippen molar-refractivity contribution >= 4 is 11.3 Å². The average molecular weight is 292 g/mol. The quantitative estimate of drug-likeness (QED) is 0.791. The van der Waals surface area contributed by atoms with E-state index in [1.807, 2.05) is 37.3 Å². The summed E-state index contributed by atoms with van der Waals surface area (Å²) >= 11 is 0. The molecule has 1 unspecified atom stereocenters. The summed E-state index contributed by atoms with van der Waals surface area (Å²) in [5, 5.41) is 17.4. The number of carbonyl (C=O) groups excluding carboxylic acids is 1. The second kappa shape index (κ2) is 4.63. The number of fused-ring (bicyclic) bond motifs is 1. The molecule has 1 atom stereocenters. The predicted octanol–water partition coefficient (Wildman–Crippen LogP) is 3.74. The Morgan fingerprint density at radius 2 is 2.00 bits per heavy atom. The van der Waals surface area contributed by atoms with Crippen molar-refractivity contribution in [2.24, 2.45) is 10.2 Å². The second-order valence-electron chi connectivity index (χ2n) is 5.91. The number of carbonyl (C=O) groups is 1. The molecule has 3 heterocycles. The molecule has 0 saturated heterocycles. The third-order valence-electron chi connectivity index (χ3n) is 3.91. The minimum atomic E-state index is -0.998. The SMILES string of the molecule is CC1=CC(C)(C(=O)c2cc(C#N)c3cc(C)cc(C)n23)N=N1. The summed E-state index contributed by atoms with van der Waals surface area (Å²) in [7, 11) is 0. The minimum absolute atomic E-state index is 0.156. The Balaban J connectivity index is 2.27. The average Bonchev–Trinajstić information content (AvgIpc) is 2.99. The number of nitriles is 1. The van der Waals surface area contributed by atoms with Crippen LogP contribution in [0.4, 0.5) is 0 Å². The lowest BCUT2D eigenvalue weighted by atomic mass is 9.94. The largest absolute Gasteiger partial charge is 0.310 e. The van der Waals surface area contributed by atoms with E-state index in [9.17, 15) is 10.1 Å². The summed E-state index contributed by atoms with van der Waals surface area (Å²) in [6.45, 7) is 7.46. The molecular formula is C17H16N4O. The zero-order valence-electron chi connectivity index (χ0n) is 13.0. The molecule has 2 aromatic heterocycles. The van der Waals surface area contributed by atoms with Crippen molar-refractivity contribution in [2.45, 2.75) is 33.2 Å². The smallest absolute Gasteiger partial charge is 0.212 e. The molecule has 1 aliphatic heterocycles. The Morgan fingerprint density at radius 1 is 1.27 bits per heavy atom. The van der Waals surface area contributed by atoms with Gasteiger partial charge in [0.1, 0.15) is 6.07 Å². The topological polar surface area (TPSA) is 70.0 Å². The molecule has 0 radical (unpaired) electrons. The van der Waals surface area contributed by atoms with Crippen molar-refractivity contribution < 1.29 is 4.79 Å². The maximum absolute atomic E-state index is 13.0. The van der Waals surface area contributed by atoms with Crippen LogP contribution in [0.2, 0.25) is 0 Å². The minimum Gasteiger partial charge on any atom is -0.310 e. The van der Waals surface area contributed by atoms with Crippen LogP contribution in [0, 0.1) is 25.2 Å². The molecule has 5 heteroatoms. The van der Waals surface area contributed by atoms with Crippen molar-refractivity contribution in [3.05, 3.63) is 52.5 Å². The molecule has 0 aromatic carbocycles. The third kappa shape index (κ3) is 1.96. The van der Waals surface area contributed by atoms with Gasteiger partial charge in [0.05, 0.1) is 22.5 Å². The Labute approximate surface area is 128 Å². The van der Waals surface area contributed by atoms with Crippen molar-refractivity contribution in [2.75, 3.05) is 0 Å². The Kier molecular flexibility index (Phi) is 2.99. The molecule has 0 N–H and O–H groups in total. The summed E-state index contributed by atoms with van der Waals surface area (Å²) in [5.74, 6) is -0.156. The standard InChI is InChI=1S/C17H16N4O/c1-10-5-12(3)21-14(6-10)13(9-18)7-15(21)16(22)17(4)8-11(2)19-20-17/h5-8H,1-4H3. The zero-order chi connectivity index (χ0) is 16.1. The molecule has 1 aliphatic rings. The number of pyridine rings is 1. The van der Waals surface area contributed by atoms with Crippen LogP contribution < -0.4 is 0 Å². The number of hydrogen-bond donors (Lipinski definition) is 0. The summed E-state index contributed by atoms with van der Waals surface area (Å²) in [5.41, 5.74) is 3.42. The van der Waals surface area contributed by atoms with Crippen molar-refractivity contribution in [3.8, 4) is 6.07 Å². The van der Waals surface area contributed by atoms with E-state index in [1.54, 1.807) is 19.1 Å². The van der Waals surface area contributed by atoms with E-state index in [1.165, 1.54) is 0 Å². The number of nitrogens with zero attached hydrogens (tertiary/aromatic N) is 4. The van der Waals surface area contributed by atoms with Crippen molar-refractivity contribution in [3.63, 3.8) is 0 Å². The summed E-state index contributed by atoms with van der Waals surface area (Å²) in [6, 6.07) is 7.72. The van der Waals surface area contributed by atoms with Gasteiger partial charge in [-0.2, -0.15) is 15.5 Å². The van der Waals surface area contributed by atoms with Gasteiger partial charge in [-0.3, -0.25) is 4.79 Å². The maximum atomic E-state index is 13.0. The number of aryl methyl sites for hydroxylation is 2. The lowest BCUT2D eigenvalue weighted by Crippen LogP contribution is -2.30. The van der Waals surface area contributed by atoms with Crippen LogP contribution in [0.15, 0.2) is 40.2 Å². The highest BCUT2D eigenvalue weighted by Crippen LogP contribution is 2.30. The van der Waals surface area contributed by atoms with Gasteiger partial charge in [-0.25, -0.2) is 0 Å². The molecule has 0 aliphatic carbocycles. The first kappa shape index (κ1) is 14.2. The molecule has 0 bridgehead atoms. The fourth-order valence-electron chi connectivity index (χ4n) is 2.97. The van der Waals surface area contributed by atoms with E-state index >= 15 is 0 Å². The van der Waals surface area contributed by atoms with E-state index in [0.717, 1.165) is 22.5 Å². The number of aromatic nitrogens is 1. The molecule has 0 fully saturated rings. The number of allylic oxidation sites excluding steroid dienone is 1. The highest BCUT2D eigenvalue weighted by Gasteiger charge is 2.37. The lowest BCUT2D eigenvalue weighted by molar-refractivity contribution is 0.0925. The molecule has 0 saturated carbocycles. The molecule has 3 rings (SSSR count). The first-order chi connectivity index (χ1) is 10.4. The molecule has 5 nitrogen and oxygen atoms in total. The van der Waals surface area contributed by atoms with Gasteiger partial charge in [0.25, 0.3) is 0 Å². The Morgan fingerprint density at radius 3 is 2.59 bits per heavy atom. The molecule has 0 amide bonds. The van der Waals surface area contributed by atoms with Crippen LogP contribution in [-0.2, 0) is 0 Å². The highest BCUT2D eigenvalue weighted by atomic mass is 16.1. The van der Waals surface area contributed by atoms with Crippen molar-refractivity contribution in [1.82, 2.24) is 4.40 Å². The first-order valence-corrected chi connectivity index (χ1v) is 7.06. The molecule has 110 valence electrons. The number of rotatable bonds is 2. The predicted molar refractivity (Wildman–Crippen MR) is 82.9 cm³/mol. The second-order valence-corrected chi connectivity index (χ2v) is 5.91. The van der Waals surface area contributed by atoms with Gasteiger partial charge in [-0.15, -0.1) is 0 Å². The van der Waals surface area contributed by atoms with Gasteiger partial charge in [-0.05, 0) is 57.5 Å². The summed E-state index contributed by atoms with van der Waals surface area (Å²) < 4.78 is 1.83. The van der Waals surface area contributed by atoms with Crippen LogP contribution in [0.5, 0.6) is 0 Å². The normalized spacial score (nSPS) is 20.2. The third-order valence-corrected chi connectivity index (χ3v) is 3.91. The van der Waals surface area contributed by atoms with Crippen LogP contribution in [0.1, 0.15) is 41.2 Å². The van der Waals surface area contributed by atoms with Gasteiger partial charge >= 0.3 is 0 Å². The van der Waals surface area contributed by atoms with Crippen molar-refractivity contribution in [1.29, 1.82) is 5.26 Å². The Hall–Kier alpha value is -2.74. The van der Waals surface area contributed by atoms with Gasteiger partial charge in [-0.1, -0.05) is 0 Å². The fraction of sp³-hybridized carbons (Fsp3) is 0.294. The van der Waals surface area contributed by atoms with E-state index in [4.69, 9.17) is 0 Å². The molecule has 22 heavy (non-hydrogen) atoms.